The molecule has 22 heavy (non-hydrogen) atoms. The normalized spacial score (nSPS) is 19.4. The van der Waals surface area contributed by atoms with E-state index in [1.165, 1.54) is 0 Å². The lowest BCUT2D eigenvalue weighted by molar-refractivity contribution is -0.122. The van der Waals surface area contributed by atoms with Crippen LogP contribution in [0.25, 0.3) is 0 Å². The second-order valence-electron chi connectivity index (χ2n) is 5.15. The van der Waals surface area contributed by atoms with E-state index in [0.29, 0.717) is 23.2 Å². The van der Waals surface area contributed by atoms with E-state index in [4.69, 9.17) is 27.9 Å². The Morgan fingerprint density at radius 3 is 2.77 bits per heavy atom. The van der Waals surface area contributed by atoms with E-state index >= 15 is 0 Å². The molecule has 2 unspecified atom stereocenters. The van der Waals surface area contributed by atoms with Gasteiger partial charge in [-0.3, -0.25) is 4.79 Å². The van der Waals surface area contributed by atoms with E-state index in [1.54, 1.807) is 13.2 Å². The molecule has 1 fully saturated rings. The largest absolute Gasteiger partial charge is 0.383 e. The third-order valence-electron chi connectivity index (χ3n) is 3.57. The molecule has 0 heterocycles. The molecule has 124 valence electrons. The summed E-state index contributed by atoms with van der Waals surface area (Å²) in [4.78, 5) is 12.0. The van der Waals surface area contributed by atoms with E-state index < -0.39 is 0 Å². The van der Waals surface area contributed by atoms with E-state index in [0.717, 1.165) is 25.1 Å². The van der Waals surface area contributed by atoms with Crippen molar-refractivity contribution in [2.24, 2.45) is 5.92 Å². The van der Waals surface area contributed by atoms with Gasteiger partial charge in [0.05, 0.1) is 6.61 Å². The van der Waals surface area contributed by atoms with Crippen LogP contribution in [-0.4, -0.2) is 39.3 Å². The van der Waals surface area contributed by atoms with Crippen LogP contribution in [0.1, 0.15) is 17.9 Å². The number of hydrogen-bond acceptors (Lipinski definition) is 3. The number of amides is 1. The van der Waals surface area contributed by atoms with Crippen LogP contribution >= 0.6 is 35.6 Å². The van der Waals surface area contributed by atoms with Crippen molar-refractivity contribution in [3.05, 3.63) is 33.8 Å². The molecule has 1 aliphatic carbocycles. The van der Waals surface area contributed by atoms with Gasteiger partial charge >= 0.3 is 0 Å². The summed E-state index contributed by atoms with van der Waals surface area (Å²) in [5.41, 5.74) is 1.01. The van der Waals surface area contributed by atoms with Crippen LogP contribution in [0.15, 0.2) is 18.2 Å². The molecule has 2 N–H and O–H groups in total. The zero-order valence-corrected chi connectivity index (χ0v) is 14.7. The summed E-state index contributed by atoms with van der Waals surface area (Å²) in [6.07, 6.45) is 0.851. The monoisotopic (exact) mass is 366 g/mol. The first-order valence-electron chi connectivity index (χ1n) is 7.05. The Bertz CT molecular complexity index is 500. The van der Waals surface area contributed by atoms with E-state index in [2.05, 4.69) is 10.6 Å². The topological polar surface area (TPSA) is 50.4 Å². The minimum atomic E-state index is 0. The predicted octanol–water partition coefficient (Wildman–Crippen LogP) is 2.87. The van der Waals surface area contributed by atoms with Gasteiger partial charge in [0.25, 0.3) is 0 Å². The molecular weight excluding hydrogens is 347 g/mol. The molecule has 0 aromatic heterocycles. The highest BCUT2D eigenvalue weighted by atomic mass is 35.5. The van der Waals surface area contributed by atoms with E-state index in [-0.39, 0.29) is 30.2 Å². The fraction of sp³-hybridized carbons (Fsp3) is 0.533. The van der Waals surface area contributed by atoms with Gasteiger partial charge in [0.1, 0.15) is 0 Å². The Morgan fingerprint density at radius 1 is 1.32 bits per heavy atom. The molecule has 1 amide bonds. The van der Waals surface area contributed by atoms with Gasteiger partial charge in [0.2, 0.25) is 5.91 Å². The van der Waals surface area contributed by atoms with Crippen molar-refractivity contribution >= 4 is 41.5 Å². The molecule has 7 heteroatoms. The third kappa shape index (κ3) is 5.60. The molecule has 2 rings (SSSR count). The first-order valence-corrected chi connectivity index (χ1v) is 7.81. The molecule has 1 aromatic rings. The average Bonchev–Trinajstić information content (AvgIpc) is 3.22. The fourth-order valence-electron chi connectivity index (χ4n) is 2.34. The Kier molecular flexibility index (Phi) is 8.50. The van der Waals surface area contributed by atoms with E-state index in [9.17, 15) is 4.79 Å². The van der Waals surface area contributed by atoms with Gasteiger partial charge < -0.3 is 15.4 Å². The first kappa shape index (κ1) is 19.5. The average molecular weight is 368 g/mol. The molecule has 4 nitrogen and oxygen atoms in total. The minimum Gasteiger partial charge on any atom is -0.383 e. The molecule has 2 atom stereocenters. The summed E-state index contributed by atoms with van der Waals surface area (Å²) in [5, 5.41) is 7.39. The highest BCUT2D eigenvalue weighted by Gasteiger charge is 2.44. The molecule has 1 saturated carbocycles. The number of nitrogens with one attached hydrogen (secondary N) is 2. The molecule has 1 aromatic carbocycles. The van der Waals surface area contributed by atoms with Gasteiger partial charge in [-0.1, -0.05) is 29.3 Å². The Labute approximate surface area is 147 Å². The van der Waals surface area contributed by atoms with Crippen LogP contribution in [-0.2, 0) is 9.53 Å². The highest BCUT2D eigenvalue weighted by Crippen LogP contribution is 2.49. The third-order valence-corrected chi connectivity index (χ3v) is 4.14. The van der Waals surface area contributed by atoms with Crippen molar-refractivity contribution in [2.75, 3.05) is 33.4 Å². The second kappa shape index (κ2) is 9.58. The molecule has 0 radical (unpaired) electrons. The van der Waals surface area contributed by atoms with Gasteiger partial charge in [0.15, 0.2) is 0 Å². The fourth-order valence-corrected chi connectivity index (χ4v) is 2.88. The maximum atomic E-state index is 12.0. The molecule has 0 saturated heterocycles. The van der Waals surface area contributed by atoms with Crippen LogP contribution in [0.4, 0.5) is 0 Å². The van der Waals surface area contributed by atoms with Crippen molar-refractivity contribution in [1.82, 2.24) is 10.6 Å². The SMILES string of the molecule is COCCNCCNC(=O)C1CC1c1ccc(Cl)cc1Cl.Cl. The van der Waals surface area contributed by atoms with Gasteiger partial charge in [-0.2, -0.15) is 0 Å². The summed E-state index contributed by atoms with van der Waals surface area (Å²) in [6.45, 7) is 2.83. The first-order chi connectivity index (χ1) is 10.1. The van der Waals surface area contributed by atoms with Crippen molar-refractivity contribution in [3.8, 4) is 0 Å². The summed E-state index contributed by atoms with van der Waals surface area (Å²) in [5.74, 6) is 0.346. The summed E-state index contributed by atoms with van der Waals surface area (Å²) >= 11 is 12.1. The van der Waals surface area contributed by atoms with Crippen molar-refractivity contribution in [1.29, 1.82) is 0 Å². The lowest BCUT2D eigenvalue weighted by Gasteiger charge is -2.07. The Morgan fingerprint density at radius 2 is 2.09 bits per heavy atom. The number of carbonyl (C=O) groups excluding carboxylic acids is 1. The van der Waals surface area contributed by atoms with Crippen molar-refractivity contribution in [3.63, 3.8) is 0 Å². The van der Waals surface area contributed by atoms with Crippen LogP contribution in [0.3, 0.4) is 0 Å². The number of hydrogen-bond donors (Lipinski definition) is 2. The van der Waals surface area contributed by atoms with Crippen molar-refractivity contribution < 1.29 is 9.53 Å². The second-order valence-corrected chi connectivity index (χ2v) is 5.99. The quantitative estimate of drug-likeness (QED) is 0.695. The Hall–Kier alpha value is -0.520. The number of carbonyl (C=O) groups is 1. The number of methoxy groups -OCH3 is 1. The highest BCUT2D eigenvalue weighted by molar-refractivity contribution is 6.35. The summed E-state index contributed by atoms with van der Waals surface area (Å²) < 4.78 is 4.93. The van der Waals surface area contributed by atoms with Crippen LogP contribution in [0.2, 0.25) is 10.0 Å². The van der Waals surface area contributed by atoms with Crippen LogP contribution in [0.5, 0.6) is 0 Å². The smallest absolute Gasteiger partial charge is 0.223 e. The standard InChI is InChI=1S/C15H20Cl2N2O2.ClH/c1-21-7-6-18-4-5-19-15(20)13-9-12(13)11-3-2-10(16)8-14(11)17;/h2-3,8,12-13,18H,4-7,9H2,1H3,(H,19,20);1H. The predicted molar refractivity (Wildman–Crippen MR) is 92.3 cm³/mol. The van der Waals surface area contributed by atoms with Gasteiger partial charge in [-0.05, 0) is 30.0 Å². The zero-order valence-electron chi connectivity index (χ0n) is 12.4. The van der Waals surface area contributed by atoms with Crippen molar-refractivity contribution in [2.45, 2.75) is 12.3 Å². The molecule has 0 aliphatic heterocycles. The number of ether oxygens (including phenoxy) is 1. The summed E-state index contributed by atoms with van der Waals surface area (Å²) in [7, 11) is 1.67. The number of benzene rings is 1. The number of halogens is 3. The molecular formula is C15H21Cl3N2O2. The minimum absolute atomic E-state index is 0. The van der Waals surface area contributed by atoms with Gasteiger partial charge in [-0.15, -0.1) is 12.4 Å². The maximum Gasteiger partial charge on any atom is 0.223 e. The molecule has 0 spiro atoms. The molecule has 0 bridgehead atoms. The summed E-state index contributed by atoms with van der Waals surface area (Å²) in [6, 6.07) is 5.45. The van der Waals surface area contributed by atoms with Gasteiger partial charge in [0, 0.05) is 42.7 Å². The van der Waals surface area contributed by atoms with Crippen LogP contribution in [0, 0.1) is 5.92 Å². The van der Waals surface area contributed by atoms with Gasteiger partial charge in [-0.25, -0.2) is 0 Å². The molecule has 1 aliphatic rings. The van der Waals surface area contributed by atoms with E-state index in [1.807, 2.05) is 12.1 Å². The number of rotatable bonds is 8. The lowest BCUT2D eigenvalue weighted by atomic mass is 10.1. The Balaban J connectivity index is 0.00000242. The maximum absolute atomic E-state index is 12.0. The lowest BCUT2D eigenvalue weighted by Crippen LogP contribution is -2.34. The van der Waals surface area contributed by atoms with Crippen LogP contribution < -0.4 is 10.6 Å². The zero-order chi connectivity index (χ0) is 15.2.